The Kier molecular flexibility index (Phi) is 5.22. The quantitative estimate of drug-likeness (QED) is 0.832. The highest BCUT2D eigenvalue weighted by atomic mass is 35.5. The Balaban J connectivity index is 2.01. The topological polar surface area (TPSA) is 87.7 Å². The van der Waals surface area contributed by atoms with E-state index in [4.69, 9.17) is 23.2 Å². The molecular weight excluding hydrogens is 335 g/mol. The molecule has 0 saturated heterocycles. The summed E-state index contributed by atoms with van der Waals surface area (Å²) in [4.78, 5) is 26.7. The number of carbonyl (C=O) groups is 1. The van der Waals surface area contributed by atoms with Gasteiger partial charge in [-0.1, -0.05) is 41.0 Å². The zero-order valence-corrected chi connectivity index (χ0v) is 13.1. The van der Waals surface area contributed by atoms with Crippen molar-refractivity contribution in [1.29, 1.82) is 0 Å². The smallest absolute Gasteiger partial charge is 0.324 e. The molecule has 0 spiro atoms. The fraction of sp³-hybridized carbons (Fsp3) is 0.167. The number of aromatic nitrogens is 3. The molecule has 0 aliphatic rings. The molecule has 0 atom stereocenters. The van der Waals surface area contributed by atoms with Gasteiger partial charge >= 0.3 is 5.69 Å². The molecule has 0 unspecified atom stereocenters. The number of H-pyrrole nitrogens is 1. The van der Waals surface area contributed by atoms with Crippen molar-refractivity contribution in [2.24, 2.45) is 0 Å². The number of rotatable bonds is 4. The third-order valence-electron chi connectivity index (χ3n) is 2.40. The number of aromatic amines is 1. The van der Waals surface area contributed by atoms with E-state index < -0.39 is 5.69 Å². The van der Waals surface area contributed by atoms with Crippen LogP contribution in [0.1, 0.15) is 5.69 Å². The molecule has 0 radical (unpaired) electrons. The highest BCUT2D eigenvalue weighted by molar-refractivity contribution is 8.00. The average molecular weight is 345 g/mol. The van der Waals surface area contributed by atoms with Crippen LogP contribution in [-0.4, -0.2) is 26.8 Å². The zero-order valence-electron chi connectivity index (χ0n) is 10.8. The second kappa shape index (κ2) is 6.93. The van der Waals surface area contributed by atoms with Gasteiger partial charge in [-0.05, 0) is 19.1 Å². The number of hydrogen-bond acceptors (Lipinski definition) is 5. The Bertz CT molecular complexity index is 735. The predicted octanol–water partition coefficient (Wildman–Crippen LogP) is 2.51. The van der Waals surface area contributed by atoms with Crippen LogP contribution in [0.5, 0.6) is 0 Å². The van der Waals surface area contributed by atoms with Gasteiger partial charge in [0.2, 0.25) is 5.91 Å². The summed E-state index contributed by atoms with van der Waals surface area (Å²) in [5.41, 5.74) is 0.429. The molecule has 9 heteroatoms. The molecule has 0 bridgehead atoms. The second-order valence-corrected chi connectivity index (χ2v) is 5.72. The molecule has 2 rings (SSSR count). The number of nitrogens with one attached hydrogen (secondary N) is 2. The molecule has 0 aliphatic heterocycles. The molecule has 2 aromatic rings. The molecule has 1 heterocycles. The average Bonchev–Trinajstić information content (AvgIpc) is 2.45. The number of hydrogen-bond donors (Lipinski definition) is 2. The minimum absolute atomic E-state index is 0.0712. The molecule has 2 N–H and O–H groups in total. The van der Waals surface area contributed by atoms with Crippen LogP contribution in [0.3, 0.4) is 0 Å². The third-order valence-corrected chi connectivity index (χ3v) is 4.28. The number of aryl methyl sites for hydroxylation is 1. The lowest BCUT2D eigenvalue weighted by molar-refractivity contribution is -0.113. The highest BCUT2D eigenvalue weighted by Gasteiger charge is 2.11. The first-order chi connectivity index (χ1) is 9.97. The van der Waals surface area contributed by atoms with Gasteiger partial charge in [-0.2, -0.15) is 10.1 Å². The maximum atomic E-state index is 11.9. The summed E-state index contributed by atoms with van der Waals surface area (Å²) in [6.07, 6.45) is 0. The molecule has 0 saturated carbocycles. The van der Waals surface area contributed by atoms with Crippen molar-refractivity contribution >= 4 is 46.6 Å². The summed E-state index contributed by atoms with van der Waals surface area (Å²) in [6.45, 7) is 1.69. The molecular formula is C12H10Cl2N4O2S. The van der Waals surface area contributed by atoms with Gasteiger partial charge < -0.3 is 5.32 Å². The first-order valence-electron chi connectivity index (χ1n) is 5.77. The summed E-state index contributed by atoms with van der Waals surface area (Å²) in [7, 11) is 0. The summed E-state index contributed by atoms with van der Waals surface area (Å²) >= 11 is 13.0. The Morgan fingerprint density at radius 3 is 2.95 bits per heavy atom. The fourth-order valence-corrected chi connectivity index (χ4v) is 2.52. The minimum Gasteiger partial charge on any atom is -0.324 e. The minimum atomic E-state index is -0.554. The van der Waals surface area contributed by atoms with Gasteiger partial charge in [-0.15, -0.1) is 0 Å². The van der Waals surface area contributed by atoms with E-state index in [-0.39, 0.29) is 16.7 Å². The van der Waals surface area contributed by atoms with E-state index in [2.05, 4.69) is 20.5 Å². The van der Waals surface area contributed by atoms with Crippen molar-refractivity contribution in [3.05, 3.63) is 44.4 Å². The van der Waals surface area contributed by atoms with Gasteiger partial charge in [0.1, 0.15) is 5.03 Å². The number of thioether (sulfide) groups is 1. The lowest BCUT2D eigenvalue weighted by Crippen LogP contribution is -2.17. The number of benzene rings is 1. The number of halogens is 2. The Morgan fingerprint density at radius 2 is 2.19 bits per heavy atom. The number of anilines is 1. The van der Waals surface area contributed by atoms with Crippen LogP contribution >= 0.6 is 35.0 Å². The molecule has 1 amide bonds. The molecule has 0 aliphatic carbocycles. The van der Waals surface area contributed by atoms with Crippen molar-refractivity contribution in [3.63, 3.8) is 0 Å². The first-order valence-corrected chi connectivity index (χ1v) is 7.51. The van der Waals surface area contributed by atoms with Gasteiger partial charge in [0.15, 0.2) is 0 Å². The fourth-order valence-electron chi connectivity index (χ4n) is 1.43. The van der Waals surface area contributed by atoms with E-state index in [9.17, 15) is 9.59 Å². The van der Waals surface area contributed by atoms with Crippen molar-refractivity contribution in [2.75, 3.05) is 11.1 Å². The summed E-state index contributed by atoms with van der Waals surface area (Å²) in [6, 6.07) is 4.96. The van der Waals surface area contributed by atoms with Gasteiger partial charge in [0.25, 0.3) is 0 Å². The molecule has 0 fully saturated rings. The van der Waals surface area contributed by atoms with Crippen molar-refractivity contribution < 1.29 is 4.79 Å². The molecule has 110 valence electrons. The SMILES string of the molecule is Cc1n[nH]c(=O)nc1SCC(=O)Nc1cccc(Cl)c1Cl. The number of amides is 1. The molecule has 1 aromatic heterocycles. The molecule has 1 aromatic carbocycles. The van der Waals surface area contributed by atoms with Gasteiger partial charge in [0.05, 0.1) is 27.2 Å². The van der Waals surface area contributed by atoms with Crippen LogP contribution in [0.2, 0.25) is 10.0 Å². The van der Waals surface area contributed by atoms with Gasteiger partial charge in [0, 0.05) is 0 Å². The number of nitrogens with zero attached hydrogens (tertiary/aromatic N) is 2. The van der Waals surface area contributed by atoms with Crippen LogP contribution in [0.25, 0.3) is 0 Å². The zero-order chi connectivity index (χ0) is 15.4. The van der Waals surface area contributed by atoms with Crippen LogP contribution in [0.15, 0.2) is 28.0 Å². The van der Waals surface area contributed by atoms with Crippen molar-refractivity contribution in [3.8, 4) is 0 Å². The van der Waals surface area contributed by atoms with E-state index in [1.807, 2.05) is 0 Å². The van der Waals surface area contributed by atoms with Crippen LogP contribution in [0.4, 0.5) is 5.69 Å². The summed E-state index contributed by atoms with van der Waals surface area (Å²) in [5.74, 6) is -0.215. The Hall–Kier alpha value is -1.57. The molecule has 21 heavy (non-hydrogen) atoms. The van der Waals surface area contributed by atoms with Crippen LogP contribution in [-0.2, 0) is 4.79 Å². The van der Waals surface area contributed by atoms with E-state index >= 15 is 0 Å². The van der Waals surface area contributed by atoms with Crippen molar-refractivity contribution in [1.82, 2.24) is 15.2 Å². The van der Waals surface area contributed by atoms with E-state index in [0.29, 0.717) is 21.4 Å². The highest BCUT2D eigenvalue weighted by Crippen LogP contribution is 2.29. The monoisotopic (exact) mass is 344 g/mol. The maximum absolute atomic E-state index is 11.9. The summed E-state index contributed by atoms with van der Waals surface area (Å²) < 4.78 is 0. The van der Waals surface area contributed by atoms with Crippen molar-refractivity contribution in [2.45, 2.75) is 11.9 Å². The largest absolute Gasteiger partial charge is 0.362 e. The van der Waals surface area contributed by atoms with E-state index in [1.165, 1.54) is 0 Å². The standard InChI is InChI=1S/C12H10Cl2N4O2S/c1-6-11(16-12(20)18-17-6)21-5-9(19)15-8-4-2-3-7(13)10(8)14/h2-4H,5H2,1H3,(H,15,19)(H,16,18,20). The first kappa shape index (κ1) is 15.8. The van der Waals surface area contributed by atoms with E-state index in [1.54, 1.807) is 25.1 Å². The predicted molar refractivity (Wildman–Crippen MR) is 83.2 cm³/mol. The summed E-state index contributed by atoms with van der Waals surface area (Å²) in [5, 5.41) is 9.69. The Morgan fingerprint density at radius 1 is 1.43 bits per heavy atom. The lowest BCUT2D eigenvalue weighted by Gasteiger charge is -2.08. The van der Waals surface area contributed by atoms with Gasteiger partial charge in [-0.25, -0.2) is 9.89 Å². The van der Waals surface area contributed by atoms with Crippen LogP contribution in [0, 0.1) is 6.92 Å². The third kappa shape index (κ3) is 4.20. The van der Waals surface area contributed by atoms with E-state index in [0.717, 1.165) is 11.8 Å². The maximum Gasteiger partial charge on any atom is 0.362 e. The lowest BCUT2D eigenvalue weighted by atomic mass is 10.3. The second-order valence-electron chi connectivity index (χ2n) is 3.97. The Labute approximate surface area is 134 Å². The normalized spacial score (nSPS) is 10.4. The number of carbonyl (C=O) groups excluding carboxylic acids is 1. The molecule has 6 nitrogen and oxygen atoms in total. The van der Waals surface area contributed by atoms with Gasteiger partial charge in [-0.3, -0.25) is 4.79 Å². The van der Waals surface area contributed by atoms with Crippen LogP contribution < -0.4 is 11.0 Å².